The van der Waals surface area contributed by atoms with Crippen molar-refractivity contribution in [1.29, 1.82) is 0 Å². The lowest BCUT2D eigenvalue weighted by atomic mass is 9.69. The molecule has 0 aliphatic heterocycles. The summed E-state index contributed by atoms with van der Waals surface area (Å²) in [5.74, 6) is 0. The Hall–Kier alpha value is -7.22. The van der Waals surface area contributed by atoms with Gasteiger partial charge in [-0.2, -0.15) is 0 Å². The summed E-state index contributed by atoms with van der Waals surface area (Å²) in [6.45, 7) is 18.9. The first-order chi connectivity index (χ1) is 32.3. The van der Waals surface area contributed by atoms with Crippen LogP contribution in [0.4, 0.5) is 17.1 Å². The molecule has 9 aromatic rings. The first-order valence-corrected chi connectivity index (χ1v) is 24.1. The number of fused-ring (bicyclic) bond motifs is 13. The molecule has 12 rings (SSSR count). The molecule has 0 atom stereocenters. The molecule has 1 heteroatoms. The van der Waals surface area contributed by atoms with Crippen LogP contribution in [0.1, 0.15) is 99.9 Å². The highest BCUT2D eigenvalue weighted by Gasteiger charge is 2.53. The summed E-state index contributed by atoms with van der Waals surface area (Å²) < 4.78 is 0. The summed E-state index contributed by atoms with van der Waals surface area (Å²) in [7, 11) is 0. The van der Waals surface area contributed by atoms with Gasteiger partial charge in [-0.3, -0.25) is 0 Å². The van der Waals surface area contributed by atoms with Crippen LogP contribution in [0, 0.1) is 0 Å². The molecule has 0 fully saturated rings. The van der Waals surface area contributed by atoms with E-state index in [1.807, 2.05) is 0 Å². The lowest BCUT2D eigenvalue weighted by Crippen LogP contribution is -2.27. The largest absolute Gasteiger partial charge is 0.309 e. The van der Waals surface area contributed by atoms with Crippen molar-refractivity contribution in [1.82, 2.24) is 0 Å². The Bertz CT molecular complexity index is 3380. The molecule has 0 saturated carbocycles. The average Bonchev–Trinajstić information content (AvgIpc) is 3.90. The number of hydrogen-bond acceptors (Lipinski definition) is 1. The van der Waals surface area contributed by atoms with Gasteiger partial charge in [0, 0.05) is 22.1 Å². The predicted molar refractivity (Wildman–Crippen MR) is 283 cm³/mol. The van der Waals surface area contributed by atoms with Crippen molar-refractivity contribution in [3.63, 3.8) is 0 Å². The van der Waals surface area contributed by atoms with Crippen LogP contribution in [-0.4, -0.2) is 0 Å². The SMILES string of the molecule is CC(C)(C)c1ccc2c(c1)C1(c3cc(C(C)(C)C)ccc3-2)c2ccccc2-c2c(N(c3ccc(-c4ccccc4)cc3-c3ccccc3)c3cccc4c3-c3ccccc3C4(C)C)cccc21. The fourth-order valence-electron chi connectivity index (χ4n) is 12.0. The molecular formula is C66H57N. The van der Waals surface area contributed by atoms with E-state index in [4.69, 9.17) is 0 Å². The van der Waals surface area contributed by atoms with Crippen molar-refractivity contribution in [2.24, 2.45) is 0 Å². The van der Waals surface area contributed by atoms with Crippen LogP contribution < -0.4 is 4.90 Å². The van der Waals surface area contributed by atoms with Gasteiger partial charge in [-0.05, 0) is 119 Å². The summed E-state index contributed by atoms with van der Waals surface area (Å²) in [5, 5.41) is 0. The number of hydrogen-bond donors (Lipinski definition) is 0. The first kappa shape index (κ1) is 41.2. The molecule has 0 N–H and O–H groups in total. The van der Waals surface area contributed by atoms with Crippen LogP contribution in [-0.2, 0) is 21.7 Å². The molecule has 0 aromatic heterocycles. The fraction of sp³-hybridized carbons (Fsp3) is 0.182. The molecule has 0 amide bonds. The Labute approximate surface area is 397 Å². The summed E-state index contributed by atoms with van der Waals surface area (Å²) in [4.78, 5) is 2.64. The van der Waals surface area contributed by atoms with E-state index in [0.29, 0.717) is 0 Å². The molecule has 3 aliphatic carbocycles. The lowest BCUT2D eigenvalue weighted by molar-refractivity contribution is 0.586. The second-order valence-electron chi connectivity index (χ2n) is 21.7. The van der Waals surface area contributed by atoms with E-state index >= 15 is 0 Å². The maximum atomic E-state index is 2.64. The van der Waals surface area contributed by atoms with Gasteiger partial charge in [0.2, 0.25) is 0 Å². The first-order valence-electron chi connectivity index (χ1n) is 24.1. The monoisotopic (exact) mass is 863 g/mol. The number of benzene rings is 9. The Morgan fingerprint density at radius 1 is 0.313 bits per heavy atom. The summed E-state index contributed by atoms with van der Waals surface area (Å²) in [6.07, 6.45) is 0. The summed E-state index contributed by atoms with van der Waals surface area (Å²) in [5.41, 5.74) is 26.2. The van der Waals surface area contributed by atoms with E-state index in [-0.39, 0.29) is 16.2 Å². The summed E-state index contributed by atoms with van der Waals surface area (Å²) >= 11 is 0. The maximum absolute atomic E-state index is 2.64. The minimum atomic E-state index is -0.534. The normalized spacial score (nSPS) is 14.5. The standard InChI is InChI=1S/C66H57N/c1-63(2,3)45-34-36-47-48-37-35-46(64(4,5)6)41-57(48)66(56(47)40-45)53-28-18-16-26-50(53)62-55(66)30-20-32-60(62)67(59-31-19-29-54-61(59)49-25-15-17-27-52(49)65(54,7)8)58-38-33-44(42-21-11-9-12-22-42)39-51(58)43-23-13-10-14-24-43/h9-41H,1-8H3. The second kappa shape index (κ2) is 14.6. The fourth-order valence-corrected chi connectivity index (χ4v) is 12.0. The van der Waals surface area contributed by atoms with E-state index in [9.17, 15) is 0 Å². The molecule has 0 unspecified atom stereocenters. The molecule has 1 nitrogen and oxygen atoms in total. The topological polar surface area (TPSA) is 3.24 Å². The van der Waals surface area contributed by atoms with Crippen LogP contribution in [0.25, 0.3) is 55.6 Å². The molecule has 67 heavy (non-hydrogen) atoms. The Morgan fingerprint density at radius 2 is 0.791 bits per heavy atom. The molecular weight excluding hydrogens is 807 g/mol. The molecule has 9 aromatic carbocycles. The zero-order chi connectivity index (χ0) is 46.0. The predicted octanol–water partition coefficient (Wildman–Crippen LogP) is 17.7. The van der Waals surface area contributed by atoms with Crippen LogP contribution in [0.15, 0.2) is 200 Å². The van der Waals surface area contributed by atoms with Gasteiger partial charge < -0.3 is 4.90 Å². The highest BCUT2D eigenvalue weighted by molar-refractivity contribution is 6.05. The van der Waals surface area contributed by atoms with Gasteiger partial charge >= 0.3 is 0 Å². The van der Waals surface area contributed by atoms with Crippen molar-refractivity contribution in [2.45, 2.75) is 77.0 Å². The minimum Gasteiger partial charge on any atom is -0.309 e. The van der Waals surface area contributed by atoms with Crippen molar-refractivity contribution in [2.75, 3.05) is 4.90 Å². The van der Waals surface area contributed by atoms with Gasteiger partial charge in [-0.25, -0.2) is 0 Å². The molecule has 0 heterocycles. The number of rotatable bonds is 5. The van der Waals surface area contributed by atoms with Crippen LogP contribution >= 0.6 is 0 Å². The third-order valence-corrected chi connectivity index (χ3v) is 15.4. The molecule has 3 aliphatic rings. The summed E-state index contributed by atoms with van der Waals surface area (Å²) in [6, 6.07) is 76.3. The van der Waals surface area contributed by atoms with Crippen LogP contribution in [0.2, 0.25) is 0 Å². The highest BCUT2D eigenvalue weighted by atomic mass is 15.2. The Kier molecular flexibility index (Phi) is 9.01. The maximum Gasteiger partial charge on any atom is 0.0726 e. The molecule has 0 radical (unpaired) electrons. The number of anilines is 3. The van der Waals surface area contributed by atoms with Gasteiger partial charge in [-0.1, -0.05) is 231 Å². The van der Waals surface area contributed by atoms with Crippen molar-refractivity contribution in [3.8, 4) is 55.6 Å². The second-order valence-corrected chi connectivity index (χ2v) is 21.7. The van der Waals surface area contributed by atoms with Gasteiger partial charge in [0.25, 0.3) is 0 Å². The quantitative estimate of drug-likeness (QED) is 0.167. The van der Waals surface area contributed by atoms with Crippen LogP contribution in [0.5, 0.6) is 0 Å². The molecule has 1 spiro atoms. The highest BCUT2D eigenvalue weighted by Crippen LogP contribution is 2.66. The lowest BCUT2D eigenvalue weighted by Gasteiger charge is -2.34. The molecule has 0 bridgehead atoms. The number of nitrogens with zero attached hydrogens (tertiary/aromatic N) is 1. The van der Waals surface area contributed by atoms with E-state index in [2.05, 4.69) is 260 Å². The van der Waals surface area contributed by atoms with Gasteiger partial charge in [0.05, 0.1) is 22.5 Å². The van der Waals surface area contributed by atoms with E-state index in [0.717, 1.165) is 5.69 Å². The Morgan fingerprint density at radius 3 is 1.37 bits per heavy atom. The van der Waals surface area contributed by atoms with Gasteiger partial charge in [-0.15, -0.1) is 0 Å². The van der Waals surface area contributed by atoms with E-state index in [1.165, 1.54) is 112 Å². The van der Waals surface area contributed by atoms with E-state index in [1.54, 1.807) is 0 Å². The van der Waals surface area contributed by atoms with E-state index < -0.39 is 5.41 Å². The smallest absolute Gasteiger partial charge is 0.0726 e. The van der Waals surface area contributed by atoms with Crippen molar-refractivity contribution >= 4 is 17.1 Å². The van der Waals surface area contributed by atoms with Crippen LogP contribution in [0.3, 0.4) is 0 Å². The zero-order valence-electron chi connectivity index (χ0n) is 40.0. The zero-order valence-corrected chi connectivity index (χ0v) is 40.0. The van der Waals surface area contributed by atoms with Crippen molar-refractivity contribution < 1.29 is 0 Å². The minimum absolute atomic E-state index is 0.0291. The molecule has 0 saturated heterocycles. The third kappa shape index (κ3) is 6.00. The van der Waals surface area contributed by atoms with Gasteiger partial charge in [0.1, 0.15) is 0 Å². The van der Waals surface area contributed by atoms with Crippen molar-refractivity contribution in [3.05, 3.63) is 245 Å². The average molecular weight is 864 g/mol. The third-order valence-electron chi connectivity index (χ3n) is 15.4. The Balaban J connectivity index is 1.22. The van der Waals surface area contributed by atoms with Gasteiger partial charge in [0.15, 0.2) is 0 Å². The molecule has 326 valence electrons.